The lowest BCUT2D eigenvalue weighted by Gasteiger charge is -1.96. The maximum atomic E-state index is 10.9. The van der Waals surface area contributed by atoms with Crippen molar-refractivity contribution in [3.05, 3.63) is 23.5 Å². The third-order valence-electron chi connectivity index (χ3n) is 2.16. The number of rotatable bonds is 1. The van der Waals surface area contributed by atoms with Gasteiger partial charge in [0.05, 0.1) is 0 Å². The molecule has 66 valence electrons. The summed E-state index contributed by atoms with van der Waals surface area (Å²) in [6.07, 6.45) is 6.28. The first kappa shape index (κ1) is 7.82. The average Bonchev–Trinajstić information content (AvgIpc) is 2.37. The van der Waals surface area contributed by atoms with E-state index in [2.05, 4.69) is 0 Å². The van der Waals surface area contributed by atoms with E-state index in [0.29, 0.717) is 0 Å². The number of nitrogens with two attached hydrogens (primary N) is 1. The van der Waals surface area contributed by atoms with Crippen molar-refractivity contribution in [2.24, 2.45) is 5.14 Å². The maximum absolute atomic E-state index is 10.9. The molecule has 4 nitrogen and oxygen atoms in total. The summed E-state index contributed by atoms with van der Waals surface area (Å²) in [5.74, 6) is 0. The number of aromatic nitrogens is 1. The number of nitrogens with zero attached hydrogens (tertiary/aromatic N) is 1. The highest BCUT2D eigenvalue weighted by Crippen LogP contribution is 2.22. The van der Waals surface area contributed by atoms with E-state index in [1.165, 1.54) is 0 Å². The summed E-state index contributed by atoms with van der Waals surface area (Å²) in [4.78, 5) is 0. The van der Waals surface area contributed by atoms with Crippen molar-refractivity contribution < 1.29 is 8.42 Å². The molecule has 1 aliphatic carbocycles. The lowest BCUT2D eigenvalue weighted by atomic mass is 10.2. The Bertz CT molecular complexity index is 384. The Morgan fingerprint density at radius 1 is 1.25 bits per heavy atom. The first-order chi connectivity index (χ1) is 5.57. The van der Waals surface area contributed by atoms with Crippen LogP contribution in [0.2, 0.25) is 0 Å². The number of aryl methyl sites for hydroxylation is 2. The van der Waals surface area contributed by atoms with E-state index in [1.807, 2.05) is 0 Å². The molecule has 0 saturated heterocycles. The molecule has 0 unspecified atom stereocenters. The summed E-state index contributed by atoms with van der Waals surface area (Å²) in [5.41, 5.74) is 2.23. The molecule has 1 aliphatic rings. The Balaban J connectivity index is 2.51. The minimum absolute atomic E-state index is 0.970. The third-order valence-corrected chi connectivity index (χ3v) is 2.96. The zero-order chi connectivity index (χ0) is 8.77. The minimum atomic E-state index is -3.56. The number of hydrogen-bond acceptors (Lipinski definition) is 2. The van der Waals surface area contributed by atoms with Crippen molar-refractivity contribution in [3.63, 3.8) is 0 Å². The molecule has 0 aliphatic heterocycles. The van der Waals surface area contributed by atoms with Crippen LogP contribution in [0.4, 0.5) is 0 Å². The smallest absolute Gasteiger partial charge is 0.240 e. The first-order valence-electron chi connectivity index (χ1n) is 3.80. The van der Waals surface area contributed by atoms with E-state index in [4.69, 9.17) is 5.14 Å². The molecule has 0 amide bonds. The topological polar surface area (TPSA) is 65.1 Å². The molecule has 0 radical (unpaired) electrons. The fourth-order valence-electron chi connectivity index (χ4n) is 1.58. The van der Waals surface area contributed by atoms with E-state index < -0.39 is 10.2 Å². The van der Waals surface area contributed by atoms with Crippen LogP contribution in [0.3, 0.4) is 0 Å². The molecule has 2 N–H and O–H groups in total. The van der Waals surface area contributed by atoms with Gasteiger partial charge in [-0.1, -0.05) is 0 Å². The SMILES string of the molecule is NS(=O)(=O)n1cc2c(c1)CCC2. The molecule has 0 atom stereocenters. The molecule has 0 aromatic carbocycles. The van der Waals surface area contributed by atoms with Gasteiger partial charge in [0.2, 0.25) is 0 Å². The van der Waals surface area contributed by atoms with Gasteiger partial charge in [-0.15, -0.1) is 0 Å². The molecule has 1 aromatic rings. The first-order valence-corrected chi connectivity index (χ1v) is 5.31. The fourth-order valence-corrected chi connectivity index (χ4v) is 2.13. The van der Waals surface area contributed by atoms with Gasteiger partial charge in [0.15, 0.2) is 0 Å². The molecule has 2 rings (SSSR count). The van der Waals surface area contributed by atoms with Crippen LogP contribution in [0, 0.1) is 0 Å². The second-order valence-electron chi connectivity index (χ2n) is 3.04. The van der Waals surface area contributed by atoms with Gasteiger partial charge < -0.3 is 0 Å². The Kier molecular flexibility index (Phi) is 1.52. The van der Waals surface area contributed by atoms with Crippen LogP contribution in [0.25, 0.3) is 0 Å². The van der Waals surface area contributed by atoms with Crippen molar-refractivity contribution in [1.82, 2.24) is 3.97 Å². The monoisotopic (exact) mass is 186 g/mol. The van der Waals surface area contributed by atoms with Gasteiger partial charge >= 0.3 is 10.2 Å². The zero-order valence-electron chi connectivity index (χ0n) is 6.53. The van der Waals surface area contributed by atoms with Crippen LogP contribution in [0.5, 0.6) is 0 Å². The van der Waals surface area contributed by atoms with Crippen molar-refractivity contribution >= 4 is 10.2 Å². The van der Waals surface area contributed by atoms with Crippen LogP contribution in [-0.2, 0) is 23.1 Å². The highest BCUT2D eigenvalue weighted by Gasteiger charge is 2.16. The molecule has 1 heterocycles. The van der Waals surface area contributed by atoms with Crippen molar-refractivity contribution in [1.29, 1.82) is 0 Å². The Hall–Kier alpha value is -0.810. The van der Waals surface area contributed by atoms with Crippen molar-refractivity contribution in [2.75, 3.05) is 0 Å². The molecular weight excluding hydrogens is 176 g/mol. The molecular formula is C7H10N2O2S. The van der Waals surface area contributed by atoms with Crippen LogP contribution in [0.1, 0.15) is 17.5 Å². The van der Waals surface area contributed by atoms with Gasteiger partial charge in [-0.25, -0.2) is 9.11 Å². The molecule has 0 fully saturated rings. The highest BCUT2D eigenvalue weighted by atomic mass is 32.2. The van der Waals surface area contributed by atoms with Crippen LogP contribution < -0.4 is 5.14 Å². The number of hydrogen-bond donors (Lipinski definition) is 1. The molecule has 1 aromatic heterocycles. The van der Waals surface area contributed by atoms with Gasteiger partial charge in [-0.3, -0.25) is 0 Å². The summed E-state index contributed by atoms with van der Waals surface area (Å²) in [5, 5.41) is 4.95. The maximum Gasteiger partial charge on any atom is 0.302 e. The van der Waals surface area contributed by atoms with Crippen molar-refractivity contribution in [3.8, 4) is 0 Å². The lowest BCUT2D eigenvalue weighted by Crippen LogP contribution is -2.20. The van der Waals surface area contributed by atoms with Gasteiger partial charge in [0.1, 0.15) is 0 Å². The Labute approximate surface area is 71.2 Å². The Morgan fingerprint density at radius 2 is 1.75 bits per heavy atom. The second-order valence-corrected chi connectivity index (χ2v) is 4.49. The largest absolute Gasteiger partial charge is 0.302 e. The molecule has 0 spiro atoms. The second kappa shape index (κ2) is 2.34. The summed E-state index contributed by atoms with van der Waals surface area (Å²) in [6, 6.07) is 0. The zero-order valence-corrected chi connectivity index (χ0v) is 7.34. The Morgan fingerprint density at radius 3 is 2.17 bits per heavy atom. The van der Waals surface area contributed by atoms with Crippen LogP contribution >= 0.6 is 0 Å². The summed E-state index contributed by atoms with van der Waals surface area (Å²) in [7, 11) is -3.56. The quantitative estimate of drug-likeness (QED) is 0.672. The van der Waals surface area contributed by atoms with E-state index in [-0.39, 0.29) is 0 Å². The predicted octanol–water partition coefficient (Wildman–Crippen LogP) is 0.0284. The fraction of sp³-hybridized carbons (Fsp3) is 0.429. The van der Waals surface area contributed by atoms with Gasteiger partial charge in [0.25, 0.3) is 0 Å². The molecule has 5 heteroatoms. The highest BCUT2D eigenvalue weighted by molar-refractivity contribution is 7.87. The average molecular weight is 186 g/mol. The van der Waals surface area contributed by atoms with E-state index in [0.717, 1.165) is 34.4 Å². The van der Waals surface area contributed by atoms with E-state index >= 15 is 0 Å². The predicted molar refractivity (Wildman–Crippen MR) is 45.0 cm³/mol. The van der Waals surface area contributed by atoms with Crippen molar-refractivity contribution in [2.45, 2.75) is 19.3 Å². The number of fused-ring (bicyclic) bond motifs is 1. The van der Waals surface area contributed by atoms with E-state index in [1.54, 1.807) is 12.4 Å². The standard InChI is InChI=1S/C7H10N2O2S/c8-12(10,11)9-4-6-2-1-3-7(6)5-9/h4-5H,1-3H2,(H2,8,10,11). The summed E-state index contributed by atoms with van der Waals surface area (Å²) >= 11 is 0. The molecule has 12 heavy (non-hydrogen) atoms. The summed E-state index contributed by atoms with van der Waals surface area (Å²) < 4.78 is 22.9. The lowest BCUT2D eigenvalue weighted by molar-refractivity contribution is 0.589. The molecule has 0 saturated carbocycles. The van der Waals surface area contributed by atoms with Crippen LogP contribution in [0.15, 0.2) is 12.4 Å². The third kappa shape index (κ3) is 1.15. The van der Waals surface area contributed by atoms with Crippen LogP contribution in [-0.4, -0.2) is 12.4 Å². The van der Waals surface area contributed by atoms with Gasteiger partial charge in [0, 0.05) is 12.4 Å². The van der Waals surface area contributed by atoms with Gasteiger partial charge in [-0.2, -0.15) is 8.42 Å². The van der Waals surface area contributed by atoms with Gasteiger partial charge in [-0.05, 0) is 30.4 Å². The normalized spacial score (nSPS) is 16.4. The minimum Gasteiger partial charge on any atom is -0.240 e. The van der Waals surface area contributed by atoms with E-state index in [9.17, 15) is 8.42 Å². The summed E-state index contributed by atoms with van der Waals surface area (Å²) in [6.45, 7) is 0. The molecule has 0 bridgehead atoms.